The molecular weight excluding hydrogens is 298 g/mol. The van der Waals surface area contributed by atoms with Crippen LogP contribution in [0.3, 0.4) is 0 Å². The van der Waals surface area contributed by atoms with Crippen molar-refractivity contribution in [3.63, 3.8) is 0 Å². The molecule has 2 N–H and O–H groups in total. The lowest BCUT2D eigenvalue weighted by molar-refractivity contribution is -0.126. The zero-order valence-corrected chi connectivity index (χ0v) is 12.5. The van der Waals surface area contributed by atoms with Crippen LogP contribution in [0.15, 0.2) is 17.1 Å². The molecule has 0 saturated carbocycles. The zero-order chi connectivity index (χ0) is 16.4. The fourth-order valence-electron chi connectivity index (χ4n) is 3.18. The van der Waals surface area contributed by atoms with Gasteiger partial charge in [0.15, 0.2) is 0 Å². The summed E-state index contributed by atoms with van der Waals surface area (Å²) in [5.74, 6) is -0.114. The van der Waals surface area contributed by atoms with Crippen molar-refractivity contribution in [1.82, 2.24) is 20.2 Å². The third-order valence-electron chi connectivity index (χ3n) is 4.37. The Hall–Kier alpha value is -2.69. The van der Waals surface area contributed by atoms with Crippen molar-refractivity contribution in [2.24, 2.45) is 5.92 Å². The van der Waals surface area contributed by atoms with Crippen molar-refractivity contribution in [2.45, 2.75) is 37.8 Å². The normalized spacial score (nSPS) is 23.7. The largest absolute Gasteiger partial charge is 0.356 e. The van der Waals surface area contributed by atoms with Gasteiger partial charge in [-0.05, 0) is 19.3 Å². The molecule has 0 spiro atoms. The number of fused-ring (bicyclic) bond motifs is 1. The lowest BCUT2D eigenvalue weighted by Gasteiger charge is -2.18. The first-order chi connectivity index (χ1) is 11.1. The highest BCUT2D eigenvalue weighted by atomic mass is 16.2. The van der Waals surface area contributed by atoms with E-state index in [4.69, 9.17) is 0 Å². The van der Waals surface area contributed by atoms with E-state index >= 15 is 0 Å². The van der Waals surface area contributed by atoms with Crippen LogP contribution < -0.4 is 16.2 Å². The average molecular weight is 315 g/mol. The second-order valence-electron chi connectivity index (χ2n) is 5.83. The highest BCUT2D eigenvalue weighted by Crippen LogP contribution is 2.22. The standard InChI is InChI=1S/C15H17N5O3/c16-8-10(7-9-3-5-18-14(9)22)19-15(23)11-1-2-12-17-6-4-13(21)20(11)12/h4,6,9-11H,1-3,5,7H2,(H,18,22)(H,19,23)/t9-,10-,11?/m0/s1. The van der Waals surface area contributed by atoms with Crippen molar-refractivity contribution in [3.8, 4) is 6.07 Å². The second kappa shape index (κ2) is 6.20. The number of hydrogen-bond acceptors (Lipinski definition) is 5. The summed E-state index contributed by atoms with van der Waals surface area (Å²) < 4.78 is 1.38. The van der Waals surface area contributed by atoms with E-state index in [1.807, 2.05) is 6.07 Å². The number of nitrogens with one attached hydrogen (secondary N) is 2. The second-order valence-corrected chi connectivity index (χ2v) is 5.83. The molecule has 1 saturated heterocycles. The van der Waals surface area contributed by atoms with Gasteiger partial charge in [-0.2, -0.15) is 5.26 Å². The number of carbonyl (C=O) groups excluding carboxylic acids is 2. The molecule has 0 radical (unpaired) electrons. The van der Waals surface area contributed by atoms with Crippen LogP contribution in [-0.4, -0.2) is 34.0 Å². The van der Waals surface area contributed by atoms with Gasteiger partial charge in [0.1, 0.15) is 17.9 Å². The average Bonchev–Trinajstić information content (AvgIpc) is 3.14. The van der Waals surface area contributed by atoms with E-state index in [0.29, 0.717) is 31.6 Å². The Kier molecular flexibility index (Phi) is 4.10. The number of nitrogens with zero attached hydrogens (tertiary/aromatic N) is 3. The van der Waals surface area contributed by atoms with E-state index < -0.39 is 12.1 Å². The predicted octanol–water partition coefficient (Wildman–Crippen LogP) is -0.735. The summed E-state index contributed by atoms with van der Waals surface area (Å²) in [4.78, 5) is 40.1. The van der Waals surface area contributed by atoms with Gasteiger partial charge in [0.2, 0.25) is 11.8 Å². The Morgan fingerprint density at radius 3 is 3.04 bits per heavy atom. The molecule has 23 heavy (non-hydrogen) atoms. The lowest BCUT2D eigenvalue weighted by atomic mass is 9.99. The van der Waals surface area contributed by atoms with Crippen LogP contribution in [0.4, 0.5) is 0 Å². The fraction of sp³-hybridized carbons (Fsp3) is 0.533. The maximum absolute atomic E-state index is 12.4. The molecule has 1 fully saturated rings. The van der Waals surface area contributed by atoms with E-state index in [2.05, 4.69) is 15.6 Å². The number of amides is 2. The summed E-state index contributed by atoms with van der Waals surface area (Å²) >= 11 is 0. The van der Waals surface area contributed by atoms with Crippen LogP contribution in [0.1, 0.15) is 31.1 Å². The molecule has 0 aliphatic carbocycles. The minimum Gasteiger partial charge on any atom is -0.356 e. The Balaban J connectivity index is 1.69. The van der Waals surface area contributed by atoms with E-state index in [1.165, 1.54) is 16.8 Å². The number of rotatable bonds is 4. The zero-order valence-electron chi connectivity index (χ0n) is 12.5. The van der Waals surface area contributed by atoms with Crippen molar-refractivity contribution in [2.75, 3.05) is 6.54 Å². The first-order valence-electron chi connectivity index (χ1n) is 7.64. The molecule has 3 rings (SSSR count). The van der Waals surface area contributed by atoms with Crippen LogP contribution >= 0.6 is 0 Å². The molecule has 3 heterocycles. The Bertz CT molecular complexity index is 735. The molecule has 1 aromatic heterocycles. The van der Waals surface area contributed by atoms with E-state index in [9.17, 15) is 19.6 Å². The van der Waals surface area contributed by atoms with Crippen LogP contribution in [-0.2, 0) is 16.0 Å². The summed E-state index contributed by atoms with van der Waals surface area (Å²) in [6.07, 6.45) is 3.43. The summed E-state index contributed by atoms with van der Waals surface area (Å²) in [5, 5.41) is 14.6. The number of aromatic nitrogens is 2. The van der Waals surface area contributed by atoms with Crippen molar-refractivity contribution in [3.05, 3.63) is 28.4 Å². The Labute approximate surface area is 132 Å². The first kappa shape index (κ1) is 15.2. The molecule has 1 unspecified atom stereocenters. The van der Waals surface area contributed by atoms with Crippen LogP contribution in [0, 0.1) is 17.2 Å². The quantitative estimate of drug-likeness (QED) is 0.759. The van der Waals surface area contributed by atoms with E-state index in [0.717, 1.165) is 0 Å². The maximum Gasteiger partial charge on any atom is 0.254 e. The highest BCUT2D eigenvalue weighted by molar-refractivity contribution is 5.82. The van der Waals surface area contributed by atoms with Gasteiger partial charge in [-0.15, -0.1) is 0 Å². The molecule has 3 atom stereocenters. The predicted molar refractivity (Wildman–Crippen MR) is 79.1 cm³/mol. The molecule has 0 aromatic carbocycles. The highest BCUT2D eigenvalue weighted by Gasteiger charge is 2.33. The SMILES string of the molecule is N#C[C@H](C[C@@H]1CCNC1=O)NC(=O)C1CCc2nccc(=O)n21. The minimum atomic E-state index is -0.743. The maximum atomic E-state index is 12.4. The first-order valence-corrected chi connectivity index (χ1v) is 7.64. The number of aryl methyl sites for hydroxylation is 1. The molecule has 2 aliphatic rings. The van der Waals surface area contributed by atoms with Gasteiger partial charge in [-0.3, -0.25) is 19.0 Å². The molecule has 8 nitrogen and oxygen atoms in total. The van der Waals surface area contributed by atoms with Crippen LogP contribution in [0.2, 0.25) is 0 Å². The number of nitriles is 1. The molecule has 0 bridgehead atoms. The lowest BCUT2D eigenvalue weighted by Crippen LogP contribution is -2.41. The summed E-state index contributed by atoms with van der Waals surface area (Å²) in [6, 6.07) is 1.96. The van der Waals surface area contributed by atoms with Gasteiger partial charge in [0.05, 0.1) is 6.07 Å². The molecule has 2 amide bonds. The number of hydrogen-bond donors (Lipinski definition) is 2. The van der Waals surface area contributed by atoms with Gasteiger partial charge in [0.25, 0.3) is 5.56 Å². The number of carbonyl (C=O) groups is 2. The third-order valence-corrected chi connectivity index (χ3v) is 4.37. The van der Waals surface area contributed by atoms with Gasteiger partial charge in [-0.25, -0.2) is 4.98 Å². The molecule has 1 aromatic rings. The molecule has 8 heteroatoms. The van der Waals surface area contributed by atoms with Crippen LogP contribution in [0.25, 0.3) is 0 Å². The smallest absolute Gasteiger partial charge is 0.254 e. The third kappa shape index (κ3) is 2.95. The van der Waals surface area contributed by atoms with Crippen molar-refractivity contribution in [1.29, 1.82) is 5.26 Å². The topological polar surface area (TPSA) is 117 Å². The van der Waals surface area contributed by atoms with Gasteiger partial charge in [-0.1, -0.05) is 0 Å². The van der Waals surface area contributed by atoms with Gasteiger partial charge >= 0.3 is 0 Å². The monoisotopic (exact) mass is 315 g/mol. The fourth-order valence-corrected chi connectivity index (χ4v) is 3.18. The molecule has 2 aliphatic heterocycles. The van der Waals surface area contributed by atoms with E-state index in [-0.39, 0.29) is 29.7 Å². The van der Waals surface area contributed by atoms with Gasteiger partial charge in [0, 0.05) is 31.1 Å². The van der Waals surface area contributed by atoms with Gasteiger partial charge < -0.3 is 10.6 Å². The summed E-state index contributed by atoms with van der Waals surface area (Å²) in [5.41, 5.74) is -0.267. The molecule has 120 valence electrons. The van der Waals surface area contributed by atoms with E-state index in [1.54, 1.807) is 0 Å². The van der Waals surface area contributed by atoms with Crippen LogP contribution in [0.5, 0.6) is 0 Å². The molecular formula is C15H17N5O3. The summed E-state index contributed by atoms with van der Waals surface area (Å²) in [7, 11) is 0. The Morgan fingerprint density at radius 1 is 1.52 bits per heavy atom. The minimum absolute atomic E-state index is 0.0777. The van der Waals surface area contributed by atoms with Crippen molar-refractivity contribution >= 4 is 11.8 Å². The van der Waals surface area contributed by atoms with Crippen molar-refractivity contribution < 1.29 is 9.59 Å². The Morgan fingerprint density at radius 2 is 2.35 bits per heavy atom. The summed E-state index contributed by atoms with van der Waals surface area (Å²) in [6.45, 7) is 0.604.